The molecule has 0 saturated heterocycles. The summed E-state index contributed by atoms with van der Waals surface area (Å²) in [6.07, 6.45) is 0. The van der Waals surface area contributed by atoms with Crippen LogP contribution in [0.1, 0.15) is 33.7 Å². The van der Waals surface area contributed by atoms with Crippen molar-refractivity contribution in [3.05, 3.63) is 186 Å². The molecule has 0 saturated carbocycles. The molecule has 238 valence electrons. The van der Waals surface area contributed by atoms with Crippen LogP contribution in [0.3, 0.4) is 0 Å². The normalized spacial score (nSPS) is 11.8. The summed E-state index contributed by atoms with van der Waals surface area (Å²) in [5.41, 5.74) is 13.8. The predicted molar refractivity (Wildman–Crippen MR) is 206 cm³/mol. The Labute approximate surface area is 298 Å². The van der Waals surface area contributed by atoms with Gasteiger partial charge in [0, 0.05) is 27.9 Å². The Kier molecular flexibility index (Phi) is 7.43. The first-order valence-electron chi connectivity index (χ1n) is 16.6. The van der Waals surface area contributed by atoms with Gasteiger partial charge in [0.2, 0.25) is 0 Å². The SMILES string of the molecule is N#Cc1ccc(-n2c3ccc(C#N)cc3c3cc(-c4ccc(C(c5ccccc5)c5ccc(-c6ccccc6)cc5)c5nsnc45)ccc32)cc1. The predicted octanol–water partition coefficient (Wildman–Crippen LogP) is 11.0. The summed E-state index contributed by atoms with van der Waals surface area (Å²) in [5.74, 6) is -0.0336. The lowest BCUT2D eigenvalue weighted by molar-refractivity contribution is 0.986. The van der Waals surface area contributed by atoms with E-state index in [2.05, 4.69) is 126 Å². The number of hydrogen-bond acceptors (Lipinski definition) is 5. The molecule has 0 aliphatic heterocycles. The Bertz CT molecular complexity index is 2800. The van der Waals surface area contributed by atoms with E-state index in [4.69, 9.17) is 8.75 Å². The molecule has 7 aromatic carbocycles. The molecule has 2 heterocycles. The molecule has 1 atom stereocenters. The number of nitriles is 2. The van der Waals surface area contributed by atoms with E-state index in [1.54, 1.807) is 0 Å². The van der Waals surface area contributed by atoms with Gasteiger partial charge < -0.3 is 4.57 Å². The van der Waals surface area contributed by atoms with Gasteiger partial charge in [0.05, 0.1) is 46.0 Å². The van der Waals surface area contributed by atoms with Crippen LogP contribution in [-0.4, -0.2) is 13.3 Å². The van der Waals surface area contributed by atoms with Crippen LogP contribution >= 0.6 is 11.7 Å². The highest BCUT2D eigenvalue weighted by atomic mass is 32.1. The molecular weight excluding hydrogens is 643 g/mol. The van der Waals surface area contributed by atoms with E-state index in [0.29, 0.717) is 11.1 Å². The zero-order valence-corrected chi connectivity index (χ0v) is 28.0. The number of benzene rings is 7. The van der Waals surface area contributed by atoms with E-state index in [1.807, 2.05) is 48.5 Å². The van der Waals surface area contributed by atoms with Crippen molar-refractivity contribution in [3.63, 3.8) is 0 Å². The van der Waals surface area contributed by atoms with Crippen LogP contribution in [0.4, 0.5) is 0 Å². The largest absolute Gasteiger partial charge is 0.309 e. The second kappa shape index (κ2) is 12.5. The summed E-state index contributed by atoms with van der Waals surface area (Å²) in [6.45, 7) is 0. The molecule has 1 unspecified atom stereocenters. The van der Waals surface area contributed by atoms with Crippen LogP contribution in [0.15, 0.2) is 158 Å². The van der Waals surface area contributed by atoms with Crippen molar-refractivity contribution in [1.82, 2.24) is 13.3 Å². The van der Waals surface area contributed by atoms with Gasteiger partial charge in [0.1, 0.15) is 11.0 Å². The summed E-state index contributed by atoms with van der Waals surface area (Å²) in [7, 11) is 0. The van der Waals surface area contributed by atoms with E-state index < -0.39 is 0 Å². The van der Waals surface area contributed by atoms with Gasteiger partial charge in [-0.1, -0.05) is 103 Å². The first kappa shape index (κ1) is 30.2. The minimum Gasteiger partial charge on any atom is -0.309 e. The monoisotopic (exact) mass is 669 g/mol. The molecule has 0 bridgehead atoms. The van der Waals surface area contributed by atoms with E-state index in [0.717, 1.165) is 55.2 Å². The van der Waals surface area contributed by atoms with Crippen LogP contribution in [0.25, 0.3) is 60.8 Å². The number of rotatable bonds is 6. The highest BCUT2D eigenvalue weighted by molar-refractivity contribution is 7.00. The maximum Gasteiger partial charge on any atom is 0.112 e. The molecule has 9 aromatic rings. The van der Waals surface area contributed by atoms with E-state index in [1.165, 1.54) is 34.0 Å². The molecule has 0 fully saturated rings. The second-order valence-corrected chi connectivity index (χ2v) is 13.1. The second-order valence-electron chi connectivity index (χ2n) is 12.6. The molecule has 51 heavy (non-hydrogen) atoms. The molecular formula is C45H27N5S. The maximum atomic E-state index is 9.78. The van der Waals surface area contributed by atoms with Crippen LogP contribution < -0.4 is 0 Å². The van der Waals surface area contributed by atoms with Gasteiger partial charge in [-0.05, 0) is 88.0 Å². The average Bonchev–Trinajstić information content (AvgIpc) is 3.82. The van der Waals surface area contributed by atoms with Crippen molar-refractivity contribution in [2.24, 2.45) is 0 Å². The third-order valence-electron chi connectivity index (χ3n) is 9.70. The molecule has 0 N–H and O–H groups in total. The van der Waals surface area contributed by atoms with Gasteiger partial charge in [-0.15, -0.1) is 0 Å². The lowest BCUT2D eigenvalue weighted by atomic mass is 9.83. The first-order chi connectivity index (χ1) is 25.2. The van der Waals surface area contributed by atoms with E-state index in [9.17, 15) is 10.5 Å². The molecule has 0 radical (unpaired) electrons. The van der Waals surface area contributed by atoms with Gasteiger partial charge in [-0.25, -0.2) is 0 Å². The summed E-state index contributed by atoms with van der Waals surface area (Å²) in [4.78, 5) is 0. The zero-order valence-electron chi connectivity index (χ0n) is 27.2. The Hall–Kier alpha value is -6.86. The molecule has 0 aliphatic carbocycles. The number of fused-ring (bicyclic) bond motifs is 4. The highest BCUT2D eigenvalue weighted by Gasteiger charge is 2.23. The maximum absolute atomic E-state index is 9.78. The number of hydrogen-bond donors (Lipinski definition) is 0. The molecule has 9 rings (SSSR count). The van der Waals surface area contributed by atoms with Crippen molar-refractivity contribution in [1.29, 1.82) is 10.5 Å². The van der Waals surface area contributed by atoms with Crippen molar-refractivity contribution in [3.8, 4) is 40.1 Å². The summed E-state index contributed by atoms with van der Waals surface area (Å²) in [6, 6.07) is 58.7. The third kappa shape index (κ3) is 5.23. The summed E-state index contributed by atoms with van der Waals surface area (Å²) >= 11 is 1.24. The Morgan fingerprint density at radius 3 is 1.82 bits per heavy atom. The molecule has 0 aliphatic rings. The molecule has 5 nitrogen and oxygen atoms in total. The standard InChI is InChI=1S/C45H27N5S/c46-27-29-11-19-36(20-12-29)50-41-23-13-30(28-47)25-39(41)40-26-35(18-24-42(40)50)37-21-22-38(45-44(37)48-51-49-45)43(33-9-5-2-6-10-33)34-16-14-32(15-17-34)31-7-3-1-4-8-31/h1-26,43H. The Morgan fingerprint density at radius 1 is 0.510 bits per heavy atom. The van der Waals surface area contributed by atoms with Gasteiger partial charge in [0.25, 0.3) is 0 Å². The van der Waals surface area contributed by atoms with Gasteiger partial charge in [0.15, 0.2) is 0 Å². The molecule has 6 heteroatoms. The topological polar surface area (TPSA) is 78.3 Å². The van der Waals surface area contributed by atoms with Gasteiger partial charge >= 0.3 is 0 Å². The fourth-order valence-corrected chi connectivity index (χ4v) is 7.85. The Balaban J connectivity index is 1.19. The smallest absolute Gasteiger partial charge is 0.112 e. The van der Waals surface area contributed by atoms with Crippen molar-refractivity contribution < 1.29 is 0 Å². The van der Waals surface area contributed by atoms with Gasteiger partial charge in [-0.2, -0.15) is 19.3 Å². The van der Waals surface area contributed by atoms with E-state index >= 15 is 0 Å². The quantitative estimate of drug-likeness (QED) is 0.165. The minimum atomic E-state index is -0.0336. The first-order valence-corrected chi connectivity index (χ1v) is 17.4. The average molecular weight is 670 g/mol. The minimum absolute atomic E-state index is 0.0336. The molecule has 0 spiro atoms. The lowest BCUT2D eigenvalue weighted by Crippen LogP contribution is -2.04. The highest BCUT2D eigenvalue weighted by Crippen LogP contribution is 2.41. The van der Waals surface area contributed by atoms with Crippen molar-refractivity contribution >= 4 is 44.6 Å². The molecule has 0 amide bonds. The van der Waals surface area contributed by atoms with Gasteiger partial charge in [-0.3, -0.25) is 0 Å². The molecule has 2 aromatic heterocycles. The van der Waals surface area contributed by atoms with E-state index in [-0.39, 0.29) is 5.92 Å². The third-order valence-corrected chi connectivity index (χ3v) is 10.2. The number of nitrogens with zero attached hydrogens (tertiary/aromatic N) is 5. The van der Waals surface area contributed by atoms with Crippen LogP contribution in [-0.2, 0) is 0 Å². The Morgan fingerprint density at radius 2 is 1.10 bits per heavy atom. The fourth-order valence-electron chi connectivity index (χ4n) is 7.27. The summed E-state index contributed by atoms with van der Waals surface area (Å²) in [5, 5.41) is 21.2. The van der Waals surface area contributed by atoms with Crippen molar-refractivity contribution in [2.45, 2.75) is 5.92 Å². The summed E-state index contributed by atoms with van der Waals surface area (Å²) < 4.78 is 12.0. The van der Waals surface area contributed by atoms with Crippen molar-refractivity contribution in [2.75, 3.05) is 0 Å². The van der Waals surface area contributed by atoms with Crippen LogP contribution in [0.5, 0.6) is 0 Å². The van der Waals surface area contributed by atoms with Crippen LogP contribution in [0, 0.1) is 22.7 Å². The number of aromatic nitrogens is 3. The fraction of sp³-hybridized carbons (Fsp3) is 0.0222. The zero-order chi connectivity index (χ0) is 34.3. The van der Waals surface area contributed by atoms with Crippen LogP contribution in [0.2, 0.25) is 0 Å². The lowest BCUT2D eigenvalue weighted by Gasteiger charge is -2.20.